The first-order valence-corrected chi connectivity index (χ1v) is 8.35. The van der Waals surface area contributed by atoms with E-state index in [9.17, 15) is 4.79 Å². The lowest BCUT2D eigenvalue weighted by atomic mass is 10.0. The number of benzene rings is 2. The third-order valence-corrected chi connectivity index (χ3v) is 4.56. The van der Waals surface area contributed by atoms with E-state index < -0.39 is 0 Å². The lowest BCUT2D eigenvalue weighted by molar-refractivity contribution is 0.235. The Morgan fingerprint density at radius 2 is 1.87 bits per heavy atom. The molecule has 0 heterocycles. The Morgan fingerprint density at radius 1 is 1.17 bits per heavy atom. The molecule has 120 valence electrons. The number of carbonyl (C=O) groups is 1. The normalized spacial score (nSPS) is 15.0. The molecule has 1 aliphatic carbocycles. The highest BCUT2D eigenvalue weighted by atomic mass is 35.5. The standard InChI is InChI=1S/C19H21ClN2O/c1-13-4-2-3-5-16(13)12-21-19(23)22-18(14-6-7-14)15-8-10-17(20)11-9-15/h2-5,8-11,14,18H,6-7,12H2,1H3,(H2,21,22,23)/t18-/m0/s1. The van der Waals surface area contributed by atoms with Crippen LogP contribution >= 0.6 is 11.6 Å². The van der Waals surface area contributed by atoms with Gasteiger partial charge in [-0.25, -0.2) is 4.79 Å². The maximum Gasteiger partial charge on any atom is 0.315 e. The third-order valence-electron chi connectivity index (χ3n) is 4.31. The van der Waals surface area contributed by atoms with E-state index in [1.807, 2.05) is 42.5 Å². The number of urea groups is 1. The quantitative estimate of drug-likeness (QED) is 0.827. The minimum atomic E-state index is -0.125. The van der Waals surface area contributed by atoms with Gasteiger partial charge in [0.25, 0.3) is 0 Å². The molecule has 23 heavy (non-hydrogen) atoms. The van der Waals surface area contributed by atoms with Crippen LogP contribution in [0.4, 0.5) is 4.79 Å². The van der Waals surface area contributed by atoms with Gasteiger partial charge >= 0.3 is 6.03 Å². The Labute approximate surface area is 142 Å². The van der Waals surface area contributed by atoms with E-state index in [1.54, 1.807) is 0 Å². The summed E-state index contributed by atoms with van der Waals surface area (Å²) in [5, 5.41) is 6.78. The molecular weight excluding hydrogens is 308 g/mol. The van der Waals surface area contributed by atoms with E-state index in [0.717, 1.165) is 24.0 Å². The van der Waals surface area contributed by atoms with Crippen molar-refractivity contribution < 1.29 is 4.79 Å². The maximum atomic E-state index is 12.3. The SMILES string of the molecule is Cc1ccccc1CNC(=O)N[C@H](c1ccc(Cl)cc1)C1CC1. The zero-order valence-electron chi connectivity index (χ0n) is 13.2. The van der Waals surface area contributed by atoms with Crippen LogP contribution in [-0.2, 0) is 6.54 Å². The van der Waals surface area contributed by atoms with Gasteiger partial charge in [-0.1, -0.05) is 48.0 Å². The lowest BCUT2D eigenvalue weighted by Gasteiger charge is -2.19. The Morgan fingerprint density at radius 3 is 2.52 bits per heavy atom. The summed E-state index contributed by atoms with van der Waals surface area (Å²) in [4.78, 5) is 12.3. The minimum absolute atomic E-state index is 0.0594. The van der Waals surface area contributed by atoms with Crippen LogP contribution in [0.2, 0.25) is 5.02 Å². The van der Waals surface area contributed by atoms with Gasteiger partial charge in [-0.2, -0.15) is 0 Å². The number of carbonyl (C=O) groups excluding carboxylic acids is 1. The van der Waals surface area contributed by atoms with Crippen molar-refractivity contribution in [1.29, 1.82) is 0 Å². The summed E-state index contributed by atoms with van der Waals surface area (Å²) in [6, 6.07) is 15.7. The highest BCUT2D eigenvalue weighted by Crippen LogP contribution is 2.41. The summed E-state index contributed by atoms with van der Waals surface area (Å²) in [5.41, 5.74) is 3.43. The number of nitrogens with one attached hydrogen (secondary N) is 2. The molecule has 0 aliphatic heterocycles. The molecule has 2 N–H and O–H groups in total. The van der Waals surface area contributed by atoms with Crippen LogP contribution in [0.1, 0.15) is 35.6 Å². The predicted octanol–water partition coefficient (Wildman–Crippen LogP) is 4.60. The Bertz CT molecular complexity index is 680. The third kappa shape index (κ3) is 4.26. The van der Waals surface area contributed by atoms with Crippen LogP contribution in [0.5, 0.6) is 0 Å². The Hall–Kier alpha value is -2.00. The molecule has 0 bridgehead atoms. The molecule has 0 saturated heterocycles. The van der Waals surface area contributed by atoms with E-state index in [2.05, 4.69) is 23.6 Å². The van der Waals surface area contributed by atoms with Crippen LogP contribution in [0, 0.1) is 12.8 Å². The van der Waals surface area contributed by atoms with Gasteiger partial charge in [0.15, 0.2) is 0 Å². The molecule has 4 heteroatoms. The van der Waals surface area contributed by atoms with Crippen LogP contribution in [-0.4, -0.2) is 6.03 Å². The van der Waals surface area contributed by atoms with Crippen molar-refractivity contribution in [2.24, 2.45) is 5.92 Å². The van der Waals surface area contributed by atoms with E-state index in [4.69, 9.17) is 11.6 Å². The molecule has 3 nitrogen and oxygen atoms in total. The molecule has 1 saturated carbocycles. The number of hydrogen-bond donors (Lipinski definition) is 2. The number of hydrogen-bond acceptors (Lipinski definition) is 1. The lowest BCUT2D eigenvalue weighted by Crippen LogP contribution is -2.38. The van der Waals surface area contributed by atoms with Gasteiger partial charge in [0.2, 0.25) is 0 Å². The fraction of sp³-hybridized carbons (Fsp3) is 0.316. The molecule has 0 radical (unpaired) electrons. The molecular formula is C19H21ClN2O. The van der Waals surface area contributed by atoms with E-state index in [0.29, 0.717) is 17.5 Å². The van der Waals surface area contributed by atoms with Gasteiger partial charge < -0.3 is 10.6 Å². The number of rotatable bonds is 5. The Balaban J connectivity index is 1.61. The van der Waals surface area contributed by atoms with Crippen molar-refractivity contribution >= 4 is 17.6 Å². The zero-order chi connectivity index (χ0) is 16.2. The zero-order valence-corrected chi connectivity index (χ0v) is 13.9. The summed E-state index contributed by atoms with van der Waals surface area (Å²) in [7, 11) is 0. The molecule has 0 spiro atoms. The number of aryl methyl sites for hydroxylation is 1. The molecule has 2 amide bonds. The van der Waals surface area contributed by atoms with Crippen molar-refractivity contribution in [1.82, 2.24) is 10.6 Å². The number of amides is 2. The summed E-state index contributed by atoms with van der Waals surface area (Å²) in [6.07, 6.45) is 2.32. The van der Waals surface area contributed by atoms with Gasteiger partial charge in [0.05, 0.1) is 6.04 Å². The largest absolute Gasteiger partial charge is 0.334 e. The predicted molar refractivity (Wildman–Crippen MR) is 93.5 cm³/mol. The fourth-order valence-corrected chi connectivity index (χ4v) is 2.88. The average molecular weight is 329 g/mol. The summed E-state index contributed by atoms with van der Waals surface area (Å²) >= 11 is 5.95. The van der Waals surface area contributed by atoms with Crippen molar-refractivity contribution in [3.05, 3.63) is 70.2 Å². The smallest absolute Gasteiger partial charge is 0.315 e. The minimum Gasteiger partial charge on any atom is -0.334 e. The van der Waals surface area contributed by atoms with E-state index >= 15 is 0 Å². The molecule has 1 aliphatic rings. The molecule has 0 aromatic heterocycles. The topological polar surface area (TPSA) is 41.1 Å². The van der Waals surface area contributed by atoms with Crippen LogP contribution in [0.25, 0.3) is 0 Å². The summed E-state index contributed by atoms with van der Waals surface area (Å²) in [6.45, 7) is 2.59. The second-order valence-electron chi connectivity index (χ2n) is 6.12. The fourth-order valence-electron chi connectivity index (χ4n) is 2.75. The molecule has 1 fully saturated rings. The van der Waals surface area contributed by atoms with Crippen molar-refractivity contribution in [2.75, 3.05) is 0 Å². The van der Waals surface area contributed by atoms with Gasteiger partial charge in [-0.3, -0.25) is 0 Å². The van der Waals surface area contributed by atoms with E-state index in [-0.39, 0.29) is 12.1 Å². The monoisotopic (exact) mass is 328 g/mol. The molecule has 2 aromatic rings. The first kappa shape index (κ1) is 15.9. The first-order chi connectivity index (χ1) is 11.1. The average Bonchev–Trinajstić information content (AvgIpc) is 3.38. The van der Waals surface area contributed by atoms with Crippen LogP contribution in [0.15, 0.2) is 48.5 Å². The van der Waals surface area contributed by atoms with Gasteiger partial charge in [-0.15, -0.1) is 0 Å². The molecule has 2 aromatic carbocycles. The maximum absolute atomic E-state index is 12.3. The highest BCUT2D eigenvalue weighted by Gasteiger charge is 2.33. The summed E-state index contributed by atoms with van der Waals surface area (Å²) in [5.74, 6) is 0.528. The molecule has 1 atom stereocenters. The molecule has 0 unspecified atom stereocenters. The second kappa shape index (κ2) is 7.05. The van der Waals surface area contributed by atoms with Crippen LogP contribution < -0.4 is 10.6 Å². The van der Waals surface area contributed by atoms with Crippen LogP contribution in [0.3, 0.4) is 0 Å². The number of halogens is 1. The second-order valence-corrected chi connectivity index (χ2v) is 6.56. The van der Waals surface area contributed by atoms with Crippen molar-refractivity contribution in [3.63, 3.8) is 0 Å². The van der Waals surface area contributed by atoms with E-state index in [1.165, 1.54) is 5.56 Å². The van der Waals surface area contributed by atoms with Gasteiger partial charge in [0.1, 0.15) is 0 Å². The highest BCUT2D eigenvalue weighted by molar-refractivity contribution is 6.30. The molecule has 3 rings (SSSR count). The Kier molecular flexibility index (Phi) is 4.87. The van der Waals surface area contributed by atoms with Gasteiger partial charge in [0, 0.05) is 11.6 Å². The van der Waals surface area contributed by atoms with Gasteiger partial charge in [-0.05, 0) is 54.5 Å². The first-order valence-electron chi connectivity index (χ1n) is 7.98. The van der Waals surface area contributed by atoms with Crippen molar-refractivity contribution in [3.8, 4) is 0 Å². The van der Waals surface area contributed by atoms with Crippen molar-refractivity contribution in [2.45, 2.75) is 32.4 Å². The summed E-state index contributed by atoms with van der Waals surface area (Å²) < 4.78 is 0.